The molecule has 0 radical (unpaired) electrons. The minimum atomic E-state index is 0.0149. The third-order valence-corrected chi connectivity index (χ3v) is 8.04. The van der Waals surface area contributed by atoms with E-state index in [9.17, 15) is 4.79 Å². The van der Waals surface area contributed by atoms with Gasteiger partial charge in [-0.15, -0.1) is 0 Å². The van der Waals surface area contributed by atoms with Crippen LogP contribution in [-0.4, -0.2) is 18.5 Å². The van der Waals surface area contributed by atoms with Gasteiger partial charge in [-0.25, -0.2) is 4.39 Å². The molecule has 160 valence electrons. The van der Waals surface area contributed by atoms with E-state index in [-0.39, 0.29) is 5.82 Å². The van der Waals surface area contributed by atoms with Gasteiger partial charge in [-0.2, -0.15) is 0 Å². The standard InChI is InChI=1S/C26H37FO2/c1-2-29-24-14-9-20(10-15-24)22-11-16-25(26(27)17-22)21-5-3-18(4-6-21)19-7-12-23(28)13-8-19/h11,16-21,24H,2-10,12-15H2,1H3. The first kappa shape index (κ1) is 21.0. The summed E-state index contributed by atoms with van der Waals surface area (Å²) < 4.78 is 20.8. The summed E-state index contributed by atoms with van der Waals surface area (Å²) >= 11 is 0. The van der Waals surface area contributed by atoms with Crippen LogP contribution in [0.4, 0.5) is 4.39 Å². The van der Waals surface area contributed by atoms with Gasteiger partial charge >= 0.3 is 0 Å². The molecule has 0 heterocycles. The van der Waals surface area contributed by atoms with E-state index in [4.69, 9.17) is 4.74 Å². The van der Waals surface area contributed by atoms with Crippen molar-refractivity contribution in [1.29, 1.82) is 0 Å². The number of benzene rings is 1. The third kappa shape index (κ3) is 5.10. The number of hydrogen-bond donors (Lipinski definition) is 0. The SMILES string of the molecule is CCOC1CCC(c2ccc(C3CCC(C4CCC(=O)CC4)CC3)c(F)c2)CC1. The first-order valence-corrected chi connectivity index (χ1v) is 12.1. The van der Waals surface area contributed by atoms with Crippen LogP contribution in [-0.2, 0) is 9.53 Å². The number of carbonyl (C=O) groups is 1. The number of halogens is 1. The number of ether oxygens (including phenoxy) is 1. The minimum absolute atomic E-state index is 0.0149. The summed E-state index contributed by atoms with van der Waals surface area (Å²) in [6.07, 6.45) is 13.2. The van der Waals surface area contributed by atoms with Gasteiger partial charge in [0.25, 0.3) is 0 Å². The zero-order valence-corrected chi connectivity index (χ0v) is 18.0. The zero-order chi connectivity index (χ0) is 20.2. The van der Waals surface area contributed by atoms with E-state index in [1.807, 2.05) is 6.07 Å². The Balaban J connectivity index is 1.31. The molecule has 3 aliphatic rings. The molecule has 3 fully saturated rings. The second-order valence-corrected chi connectivity index (χ2v) is 9.70. The lowest BCUT2D eigenvalue weighted by molar-refractivity contribution is -0.121. The number of carbonyl (C=O) groups excluding carboxylic acids is 1. The zero-order valence-electron chi connectivity index (χ0n) is 18.0. The van der Waals surface area contributed by atoms with Crippen molar-refractivity contribution in [3.63, 3.8) is 0 Å². The molecular formula is C26H37FO2. The van der Waals surface area contributed by atoms with E-state index >= 15 is 4.39 Å². The highest BCUT2D eigenvalue weighted by molar-refractivity contribution is 5.79. The molecule has 0 saturated heterocycles. The van der Waals surface area contributed by atoms with Crippen LogP contribution in [0.15, 0.2) is 18.2 Å². The quantitative estimate of drug-likeness (QED) is 0.536. The molecule has 1 aromatic carbocycles. The molecule has 0 bridgehead atoms. The van der Waals surface area contributed by atoms with E-state index in [1.54, 1.807) is 0 Å². The van der Waals surface area contributed by atoms with Crippen molar-refractivity contribution in [2.75, 3.05) is 6.61 Å². The minimum Gasteiger partial charge on any atom is -0.379 e. The van der Waals surface area contributed by atoms with Crippen molar-refractivity contribution in [3.8, 4) is 0 Å². The van der Waals surface area contributed by atoms with Gasteiger partial charge in [0, 0.05) is 19.4 Å². The Morgan fingerprint density at radius 2 is 1.48 bits per heavy atom. The first-order valence-electron chi connectivity index (χ1n) is 12.1. The van der Waals surface area contributed by atoms with Gasteiger partial charge < -0.3 is 4.74 Å². The molecule has 0 unspecified atom stereocenters. The average Bonchev–Trinajstić information content (AvgIpc) is 2.75. The monoisotopic (exact) mass is 400 g/mol. The highest BCUT2D eigenvalue weighted by Crippen LogP contribution is 2.43. The van der Waals surface area contributed by atoms with Crippen LogP contribution in [0.25, 0.3) is 0 Å². The Kier molecular flexibility index (Phi) is 7.05. The topological polar surface area (TPSA) is 26.3 Å². The average molecular weight is 401 g/mol. The molecule has 2 nitrogen and oxygen atoms in total. The lowest BCUT2D eigenvalue weighted by Crippen LogP contribution is -2.25. The molecule has 3 heteroatoms. The maximum atomic E-state index is 15.0. The molecule has 0 N–H and O–H groups in total. The highest BCUT2D eigenvalue weighted by Gasteiger charge is 2.32. The summed E-state index contributed by atoms with van der Waals surface area (Å²) in [5, 5.41) is 0. The van der Waals surface area contributed by atoms with Crippen LogP contribution < -0.4 is 0 Å². The predicted molar refractivity (Wildman–Crippen MR) is 115 cm³/mol. The number of ketones is 1. The second kappa shape index (κ2) is 9.73. The second-order valence-electron chi connectivity index (χ2n) is 9.70. The Bertz CT molecular complexity index is 674. The smallest absolute Gasteiger partial charge is 0.132 e. The van der Waals surface area contributed by atoms with E-state index < -0.39 is 0 Å². The van der Waals surface area contributed by atoms with E-state index in [1.165, 1.54) is 18.4 Å². The van der Waals surface area contributed by atoms with Gasteiger partial charge in [-0.05, 0) is 112 Å². The van der Waals surface area contributed by atoms with Crippen LogP contribution in [0, 0.1) is 17.7 Å². The van der Waals surface area contributed by atoms with Gasteiger partial charge in [0.1, 0.15) is 11.6 Å². The summed E-state index contributed by atoms with van der Waals surface area (Å²) in [4.78, 5) is 11.5. The van der Waals surface area contributed by atoms with Gasteiger partial charge in [0.05, 0.1) is 6.10 Å². The van der Waals surface area contributed by atoms with Crippen molar-refractivity contribution in [3.05, 3.63) is 35.1 Å². The van der Waals surface area contributed by atoms with Gasteiger partial charge in [0.15, 0.2) is 0 Å². The normalized spacial score (nSPS) is 31.7. The summed E-state index contributed by atoms with van der Waals surface area (Å²) in [5.41, 5.74) is 2.12. The van der Waals surface area contributed by atoms with Crippen LogP contribution in [0.1, 0.15) is 107 Å². The largest absolute Gasteiger partial charge is 0.379 e. The van der Waals surface area contributed by atoms with Crippen LogP contribution in [0.2, 0.25) is 0 Å². The van der Waals surface area contributed by atoms with Crippen LogP contribution in [0.3, 0.4) is 0 Å². The Labute approximate surface area is 175 Å². The molecule has 0 aliphatic heterocycles. The fourth-order valence-corrected chi connectivity index (χ4v) is 6.26. The van der Waals surface area contributed by atoms with E-state index in [2.05, 4.69) is 19.1 Å². The third-order valence-electron chi connectivity index (χ3n) is 8.04. The van der Waals surface area contributed by atoms with Gasteiger partial charge in [-0.3, -0.25) is 4.79 Å². The highest BCUT2D eigenvalue weighted by atomic mass is 19.1. The molecule has 4 rings (SSSR count). The van der Waals surface area contributed by atoms with Gasteiger partial charge in [-0.1, -0.05) is 12.1 Å². The molecular weight excluding hydrogens is 363 g/mol. The molecule has 3 saturated carbocycles. The van der Waals surface area contributed by atoms with E-state index in [0.717, 1.165) is 88.2 Å². The molecule has 0 atom stereocenters. The maximum Gasteiger partial charge on any atom is 0.132 e. The molecule has 3 aliphatic carbocycles. The first-order chi connectivity index (χ1) is 14.1. The van der Waals surface area contributed by atoms with Crippen molar-refractivity contribution < 1.29 is 13.9 Å². The van der Waals surface area contributed by atoms with Crippen LogP contribution in [0.5, 0.6) is 0 Å². The molecule has 0 amide bonds. The van der Waals surface area contributed by atoms with Crippen molar-refractivity contribution >= 4 is 5.78 Å². The Morgan fingerprint density at radius 1 is 0.862 bits per heavy atom. The Hall–Kier alpha value is -1.22. The van der Waals surface area contributed by atoms with Crippen molar-refractivity contribution in [2.45, 2.75) is 102 Å². The van der Waals surface area contributed by atoms with E-state index in [0.29, 0.717) is 23.7 Å². The summed E-state index contributed by atoms with van der Waals surface area (Å²) in [5.74, 6) is 2.80. The van der Waals surface area contributed by atoms with Gasteiger partial charge in [0.2, 0.25) is 0 Å². The molecule has 0 spiro atoms. The fourth-order valence-electron chi connectivity index (χ4n) is 6.26. The summed E-state index contributed by atoms with van der Waals surface area (Å²) in [6, 6.07) is 6.12. The fraction of sp³-hybridized carbons (Fsp3) is 0.731. The number of Topliss-reactive ketones (excluding diaryl/α,β-unsaturated/α-hetero) is 1. The maximum absolute atomic E-state index is 15.0. The lowest BCUT2D eigenvalue weighted by Gasteiger charge is -2.36. The number of hydrogen-bond acceptors (Lipinski definition) is 2. The molecule has 29 heavy (non-hydrogen) atoms. The summed E-state index contributed by atoms with van der Waals surface area (Å²) in [7, 11) is 0. The summed E-state index contributed by atoms with van der Waals surface area (Å²) in [6.45, 7) is 2.85. The lowest BCUT2D eigenvalue weighted by atomic mass is 9.69. The Morgan fingerprint density at radius 3 is 2.10 bits per heavy atom. The van der Waals surface area contributed by atoms with Crippen molar-refractivity contribution in [2.24, 2.45) is 11.8 Å². The molecule has 1 aromatic rings. The molecule has 0 aromatic heterocycles. The number of rotatable bonds is 5. The van der Waals surface area contributed by atoms with Crippen LogP contribution >= 0.6 is 0 Å². The van der Waals surface area contributed by atoms with Crippen molar-refractivity contribution in [1.82, 2.24) is 0 Å². The predicted octanol–water partition coefficient (Wildman–Crippen LogP) is 6.92.